The average Bonchev–Trinajstić information content (AvgIpc) is 2.18. The van der Waals surface area contributed by atoms with E-state index in [1.165, 1.54) is 12.1 Å². The molecule has 0 fully saturated rings. The van der Waals surface area contributed by atoms with Crippen LogP contribution < -0.4 is 5.32 Å². The van der Waals surface area contributed by atoms with Crippen LogP contribution in [0.3, 0.4) is 0 Å². The van der Waals surface area contributed by atoms with Crippen molar-refractivity contribution >= 4 is 29.1 Å². The second-order valence-corrected chi connectivity index (χ2v) is 3.69. The van der Waals surface area contributed by atoms with Crippen LogP contribution in [0, 0.1) is 0 Å². The van der Waals surface area contributed by atoms with E-state index in [4.69, 9.17) is 28.3 Å². The third-order valence-corrected chi connectivity index (χ3v) is 2.37. The minimum atomic E-state index is -0.344. The highest BCUT2D eigenvalue weighted by Gasteiger charge is 2.07. The van der Waals surface area contributed by atoms with Gasteiger partial charge in [-0.3, -0.25) is 4.79 Å². The standard InChI is InChI=1S/C10H9Cl2NO2/c1-6(14)5-13-10(15)7-2-3-8(11)9(12)4-7/h2-4,14H,1,5H2,(H,13,15). The summed E-state index contributed by atoms with van der Waals surface area (Å²) >= 11 is 11.4. The van der Waals surface area contributed by atoms with E-state index in [2.05, 4.69) is 11.9 Å². The van der Waals surface area contributed by atoms with Crippen molar-refractivity contribution in [3.8, 4) is 0 Å². The second kappa shape index (κ2) is 5.05. The molecule has 0 aliphatic rings. The summed E-state index contributed by atoms with van der Waals surface area (Å²) < 4.78 is 0. The van der Waals surface area contributed by atoms with E-state index >= 15 is 0 Å². The van der Waals surface area contributed by atoms with Crippen LogP contribution in [0.25, 0.3) is 0 Å². The normalized spacial score (nSPS) is 9.73. The maximum atomic E-state index is 11.4. The third kappa shape index (κ3) is 3.46. The van der Waals surface area contributed by atoms with Crippen LogP contribution >= 0.6 is 23.2 Å². The van der Waals surface area contributed by atoms with Crippen molar-refractivity contribution in [2.45, 2.75) is 0 Å². The lowest BCUT2D eigenvalue weighted by atomic mass is 10.2. The van der Waals surface area contributed by atoms with Gasteiger partial charge in [0.1, 0.15) is 5.76 Å². The van der Waals surface area contributed by atoms with Gasteiger partial charge < -0.3 is 10.4 Å². The van der Waals surface area contributed by atoms with Crippen molar-refractivity contribution in [1.82, 2.24) is 5.32 Å². The molecule has 0 aliphatic carbocycles. The van der Waals surface area contributed by atoms with Gasteiger partial charge in [-0.1, -0.05) is 29.8 Å². The zero-order valence-electron chi connectivity index (χ0n) is 7.76. The highest BCUT2D eigenvalue weighted by atomic mass is 35.5. The van der Waals surface area contributed by atoms with Crippen LogP contribution in [0.4, 0.5) is 0 Å². The molecule has 0 atom stereocenters. The van der Waals surface area contributed by atoms with Crippen LogP contribution in [-0.2, 0) is 0 Å². The summed E-state index contributed by atoms with van der Waals surface area (Å²) in [6.45, 7) is 3.26. The van der Waals surface area contributed by atoms with Crippen molar-refractivity contribution in [3.63, 3.8) is 0 Å². The number of hydrogen-bond donors (Lipinski definition) is 2. The monoisotopic (exact) mass is 245 g/mol. The van der Waals surface area contributed by atoms with Crippen LogP contribution in [-0.4, -0.2) is 17.6 Å². The molecular weight excluding hydrogens is 237 g/mol. The van der Waals surface area contributed by atoms with Crippen molar-refractivity contribution in [1.29, 1.82) is 0 Å². The van der Waals surface area contributed by atoms with E-state index in [9.17, 15) is 4.79 Å². The van der Waals surface area contributed by atoms with Gasteiger partial charge in [-0.15, -0.1) is 0 Å². The molecule has 2 N–H and O–H groups in total. The van der Waals surface area contributed by atoms with Gasteiger partial charge in [-0.25, -0.2) is 0 Å². The second-order valence-electron chi connectivity index (χ2n) is 2.88. The molecule has 0 saturated heterocycles. The van der Waals surface area contributed by atoms with Gasteiger partial charge in [-0.05, 0) is 18.2 Å². The minimum absolute atomic E-state index is 0.0130. The molecule has 0 heterocycles. The molecule has 0 unspecified atom stereocenters. The summed E-state index contributed by atoms with van der Waals surface area (Å²) in [7, 11) is 0. The molecule has 0 bridgehead atoms. The Labute approximate surface area is 97.3 Å². The SMILES string of the molecule is C=C(O)CNC(=O)c1ccc(Cl)c(Cl)c1. The predicted octanol–water partition coefficient (Wildman–Crippen LogP) is 2.79. The first-order chi connectivity index (χ1) is 7.00. The average molecular weight is 246 g/mol. The van der Waals surface area contributed by atoms with E-state index in [1.54, 1.807) is 6.07 Å². The molecule has 1 rings (SSSR count). The van der Waals surface area contributed by atoms with E-state index in [-0.39, 0.29) is 18.2 Å². The van der Waals surface area contributed by atoms with Crippen LogP contribution in [0.1, 0.15) is 10.4 Å². The van der Waals surface area contributed by atoms with E-state index < -0.39 is 0 Å². The maximum Gasteiger partial charge on any atom is 0.251 e. The maximum absolute atomic E-state index is 11.4. The van der Waals surface area contributed by atoms with E-state index in [0.717, 1.165) is 0 Å². The molecule has 0 radical (unpaired) electrons. The van der Waals surface area contributed by atoms with Gasteiger partial charge in [0.15, 0.2) is 0 Å². The number of carbonyl (C=O) groups is 1. The van der Waals surface area contributed by atoms with Crippen molar-refractivity contribution in [2.24, 2.45) is 0 Å². The highest BCUT2D eigenvalue weighted by molar-refractivity contribution is 6.42. The Bertz CT molecular complexity index is 404. The molecule has 5 heteroatoms. The molecule has 0 aromatic heterocycles. The molecule has 3 nitrogen and oxygen atoms in total. The fraction of sp³-hybridized carbons (Fsp3) is 0.100. The Kier molecular flexibility index (Phi) is 4.00. The zero-order valence-corrected chi connectivity index (χ0v) is 9.27. The zero-order chi connectivity index (χ0) is 11.4. The number of carbonyl (C=O) groups excluding carboxylic acids is 1. The van der Waals surface area contributed by atoms with Gasteiger partial charge >= 0.3 is 0 Å². The number of hydrogen-bond acceptors (Lipinski definition) is 2. The van der Waals surface area contributed by atoms with Gasteiger partial charge in [0.2, 0.25) is 0 Å². The fourth-order valence-electron chi connectivity index (χ4n) is 0.922. The summed E-state index contributed by atoms with van der Waals surface area (Å²) in [5.74, 6) is -0.452. The first kappa shape index (κ1) is 11.9. The van der Waals surface area contributed by atoms with Crippen molar-refractivity contribution < 1.29 is 9.90 Å². The molecule has 1 aromatic carbocycles. The first-order valence-electron chi connectivity index (χ1n) is 4.10. The summed E-state index contributed by atoms with van der Waals surface area (Å²) in [5, 5.41) is 11.9. The highest BCUT2D eigenvalue weighted by Crippen LogP contribution is 2.22. The van der Waals surface area contributed by atoms with E-state index in [0.29, 0.717) is 15.6 Å². The number of nitrogens with one attached hydrogen (secondary N) is 1. The Morgan fingerprint density at radius 3 is 2.60 bits per heavy atom. The Morgan fingerprint density at radius 1 is 1.40 bits per heavy atom. The molecule has 0 aliphatic heterocycles. The van der Waals surface area contributed by atoms with Crippen LogP contribution in [0.5, 0.6) is 0 Å². The van der Waals surface area contributed by atoms with Gasteiger partial charge in [0.25, 0.3) is 5.91 Å². The summed E-state index contributed by atoms with van der Waals surface area (Å²) in [6, 6.07) is 4.54. The Morgan fingerprint density at radius 2 is 2.07 bits per heavy atom. The third-order valence-electron chi connectivity index (χ3n) is 1.63. The topological polar surface area (TPSA) is 49.3 Å². The molecule has 1 aromatic rings. The quantitative estimate of drug-likeness (QED) is 0.805. The molecular formula is C10H9Cl2NO2. The first-order valence-corrected chi connectivity index (χ1v) is 4.86. The number of rotatable bonds is 3. The van der Waals surface area contributed by atoms with Crippen LogP contribution in [0.2, 0.25) is 10.0 Å². The van der Waals surface area contributed by atoms with Crippen molar-refractivity contribution in [3.05, 3.63) is 46.1 Å². The minimum Gasteiger partial charge on any atom is -0.511 e. The lowest BCUT2D eigenvalue weighted by molar-refractivity contribution is 0.0952. The van der Waals surface area contributed by atoms with Gasteiger partial charge in [0.05, 0.1) is 16.6 Å². The predicted molar refractivity (Wildman–Crippen MR) is 60.6 cm³/mol. The lowest BCUT2D eigenvalue weighted by Gasteiger charge is -2.04. The Balaban J connectivity index is 2.74. The lowest BCUT2D eigenvalue weighted by Crippen LogP contribution is -2.25. The summed E-state index contributed by atoms with van der Waals surface area (Å²) in [4.78, 5) is 11.4. The number of aliphatic hydroxyl groups is 1. The molecule has 80 valence electrons. The Hall–Kier alpha value is -1.19. The summed E-state index contributed by atoms with van der Waals surface area (Å²) in [5.41, 5.74) is 0.380. The number of halogens is 2. The van der Waals surface area contributed by atoms with Crippen LogP contribution in [0.15, 0.2) is 30.5 Å². The van der Waals surface area contributed by atoms with Crippen molar-refractivity contribution in [2.75, 3.05) is 6.54 Å². The smallest absolute Gasteiger partial charge is 0.251 e. The molecule has 1 amide bonds. The molecule has 0 spiro atoms. The van der Waals surface area contributed by atoms with Gasteiger partial charge in [0, 0.05) is 5.56 Å². The molecule has 15 heavy (non-hydrogen) atoms. The fourth-order valence-corrected chi connectivity index (χ4v) is 1.22. The number of benzene rings is 1. The molecule has 0 saturated carbocycles. The number of aliphatic hydroxyl groups excluding tert-OH is 1. The largest absolute Gasteiger partial charge is 0.511 e. The van der Waals surface area contributed by atoms with E-state index in [1.807, 2.05) is 0 Å². The number of amides is 1. The van der Waals surface area contributed by atoms with Gasteiger partial charge in [-0.2, -0.15) is 0 Å². The summed E-state index contributed by atoms with van der Waals surface area (Å²) in [6.07, 6.45) is 0.